The van der Waals surface area contributed by atoms with Gasteiger partial charge in [-0.05, 0) is 68.4 Å². The van der Waals surface area contributed by atoms with Crippen LogP contribution < -0.4 is 18.9 Å². The topological polar surface area (TPSA) is 71.1 Å². The molecule has 0 saturated heterocycles. The highest BCUT2D eigenvalue weighted by Crippen LogP contribution is 2.48. The molecule has 0 bridgehead atoms. The number of Topliss-reactive ketones (excluding diaryl/α,β-unsaturated/α-hetero) is 1. The van der Waals surface area contributed by atoms with Crippen molar-refractivity contribution in [3.8, 4) is 28.7 Å². The van der Waals surface area contributed by atoms with Crippen LogP contribution in [0.1, 0.15) is 82.6 Å². The van der Waals surface area contributed by atoms with Gasteiger partial charge in [0.1, 0.15) is 17.2 Å². The lowest BCUT2D eigenvalue weighted by Crippen LogP contribution is -2.24. The molecule has 2 aromatic carbocycles. The van der Waals surface area contributed by atoms with Gasteiger partial charge < -0.3 is 18.9 Å². The summed E-state index contributed by atoms with van der Waals surface area (Å²) in [5, 5.41) is 0. The number of hydrogen-bond donors (Lipinski definition) is 0. The summed E-state index contributed by atoms with van der Waals surface area (Å²) in [5.41, 5.74) is 4.13. The van der Waals surface area contributed by atoms with Gasteiger partial charge >= 0.3 is 0 Å². The minimum Gasteiger partial charge on any atom is -0.496 e. The maximum Gasteiger partial charge on any atom is 0.225 e. The molecule has 0 aromatic heterocycles. The van der Waals surface area contributed by atoms with Gasteiger partial charge in [0.25, 0.3) is 0 Å². The Morgan fingerprint density at radius 2 is 1.24 bits per heavy atom. The molecule has 0 heterocycles. The lowest BCUT2D eigenvalue weighted by Gasteiger charge is -2.26. The molecule has 2 aromatic rings. The number of benzene rings is 2. The Hall–Kier alpha value is -3.54. The molecular formula is C32H40O6. The highest BCUT2D eigenvalue weighted by atomic mass is 16.5. The fraction of sp³-hybridized carbons (Fsp3) is 0.438. The molecule has 3 rings (SSSR count). The van der Waals surface area contributed by atoms with E-state index in [9.17, 15) is 9.59 Å². The Balaban J connectivity index is 2.28. The maximum atomic E-state index is 13.5. The Bertz CT molecular complexity index is 1320. The molecule has 0 N–H and O–H groups in total. The summed E-state index contributed by atoms with van der Waals surface area (Å²) in [4.78, 5) is 26.3. The summed E-state index contributed by atoms with van der Waals surface area (Å²) in [6.45, 7) is 17.5. The lowest BCUT2D eigenvalue weighted by atomic mass is 9.89. The predicted molar refractivity (Wildman–Crippen MR) is 150 cm³/mol. The van der Waals surface area contributed by atoms with Gasteiger partial charge in [0.05, 0.1) is 14.2 Å². The third-order valence-electron chi connectivity index (χ3n) is 6.96. The normalized spacial score (nSPS) is 14.0. The van der Waals surface area contributed by atoms with Crippen LogP contribution in [0.15, 0.2) is 41.2 Å². The van der Waals surface area contributed by atoms with Gasteiger partial charge in [0.2, 0.25) is 5.78 Å². The van der Waals surface area contributed by atoms with Crippen LogP contribution in [0.5, 0.6) is 28.7 Å². The van der Waals surface area contributed by atoms with E-state index in [1.54, 1.807) is 21.1 Å². The Labute approximate surface area is 226 Å². The van der Waals surface area contributed by atoms with E-state index in [2.05, 4.69) is 13.8 Å². The number of aryl methyl sites for hydroxylation is 1. The first kappa shape index (κ1) is 29.0. The molecule has 0 radical (unpaired) electrons. The fourth-order valence-corrected chi connectivity index (χ4v) is 4.53. The summed E-state index contributed by atoms with van der Waals surface area (Å²) in [7, 11) is 3.27. The van der Waals surface area contributed by atoms with Crippen LogP contribution in [0.3, 0.4) is 0 Å². The van der Waals surface area contributed by atoms with Crippen LogP contribution in [-0.2, 0) is 9.59 Å². The third kappa shape index (κ3) is 5.50. The van der Waals surface area contributed by atoms with Crippen molar-refractivity contribution in [1.29, 1.82) is 0 Å². The second-order valence-electron chi connectivity index (χ2n) is 10.7. The number of methoxy groups -OCH3 is 2. The van der Waals surface area contributed by atoms with Crippen LogP contribution in [0, 0.1) is 19.8 Å². The maximum absolute atomic E-state index is 13.5. The third-order valence-corrected chi connectivity index (χ3v) is 6.96. The fourth-order valence-electron chi connectivity index (χ4n) is 4.53. The summed E-state index contributed by atoms with van der Waals surface area (Å²) in [5.74, 6) is 2.51. The zero-order valence-electron chi connectivity index (χ0n) is 24.5. The SMILES string of the molecule is COc1cc(C(C)C)c(Oc2c(C)c(OC)cc(C(C)C)c2OC2=C(C)C(=O)C=C(C(C)C)C2=O)cc1C. The van der Waals surface area contributed by atoms with E-state index in [0.29, 0.717) is 28.6 Å². The van der Waals surface area contributed by atoms with Crippen molar-refractivity contribution in [2.24, 2.45) is 5.92 Å². The van der Waals surface area contributed by atoms with Gasteiger partial charge in [0, 0.05) is 27.8 Å². The summed E-state index contributed by atoms with van der Waals surface area (Å²) in [6, 6.07) is 5.85. The average Bonchev–Trinajstić information content (AvgIpc) is 2.85. The van der Waals surface area contributed by atoms with Crippen molar-refractivity contribution in [1.82, 2.24) is 0 Å². The van der Waals surface area contributed by atoms with Gasteiger partial charge in [-0.3, -0.25) is 9.59 Å². The van der Waals surface area contributed by atoms with Crippen molar-refractivity contribution in [2.45, 2.75) is 74.1 Å². The molecular weight excluding hydrogens is 480 g/mol. The molecule has 1 aliphatic carbocycles. The largest absolute Gasteiger partial charge is 0.496 e. The van der Waals surface area contributed by atoms with Crippen LogP contribution >= 0.6 is 0 Å². The van der Waals surface area contributed by atoms with Gasteiger partial charge in [-0.2, -0.15) is 0 Å². The van der Waals surface area contributed by atoms with Gasteiger partial charge in [-0.15, -0.1) is 0 Å². The monoisotopic (exact) mass is 520 g/mol. The molecule has 0 aliphatic heterocycles. The lowest BCUT2D eigenvalue weighted by molar-refractivity contribution is -0.117. The van der Waals surface area contributed by atoms with Crippen LogP contribution in [-0.4, -0.2) is 25.8 Å². The van der Waals surface area contributed by atoms with Gasteiger partial charge in [-0.25, -0.2) is 0 Å². The smallest absolute Gasteiger partial charge is 0.225 e. The first-order chi connectivity index (χ1) is 17.8. The van der Waals surface area contributed by atoms with Crippen molar-refractivity contribution in [3.63, 3.8) is 0 Å². The van der Waals surface area contributed by atoms with E-state index in [1.807, 2.05) is 59.7 Å². The molecule has 204 valence electrons. The number of carbonyl (C=O) groups excluding carboxylic acids is 2. The molecule has 0 amide bonds. The van der Waals surface area contributed by atoms with Crippen LogP contribution in [0.2, 0.25) is 0 Å². The number of hydrogen-bond acceptors (Lipinski definition) is 6. The standard InChI is InChI=1S/C32H40O6/c1-16(2)22-14-26(35-10)19(7)12-28(22)37-31-21(9)27(36-11)15-24(18(5)6)32(31)38-30-20(8)25(33)13-23(17(3)4)29(30)34/h12-18H,1-11H3. The predicted octanol–water partition coefficient (Wildman–Crippen LogP) is 7.75. The second-order valence-corrected chi connectivity index (χ2v) is 10.7. The van der Waals surface area contributed by atoms with E-state index >= 15 is 0 Å². The van der Waals surface area contributed by atoms with Crippen molar-refractivity contribution < 1.29 is 28.5 Å². The van der Waals surface area contributed by atoms with E-state index < -0.39 is 0 Å². The Morgan fingerprint density at radius 1 is 0.658 bits per heavy atom. The van der Waals surface area contributed by atoms with Crippen LogP contribution in [0.25, 0.3) is 0 Å². The minimum atomic E-state index is -0.283. The zero-order chi connectivity index (χ0) is 28.5. The molecule has 0 fully saturated rings. The Kier molecular flexibility index (Phi) is 8.75. The molecule has 38 heavy (non-hydrogen) atoms. The van der Waals surface area contributed by atoms with Gasteiger partial charge in [0.15, 0.2) is 23.0 Å². The van der Waals surface area contributed by atoms with Crippen molar-refractivity contribution in [3.05, 3.63) is 63.4 Å². The number of rotatable bonds is 9. The molecule has 0 saturated carbocycles. The first-order valence-electron chi connectivity index (χ1n) is 13.1. The molecule has 6 heteroatoms. The molecule has 0 spiro atoms. The first-order valence-corrected chi connectivity index (χ1v) is 13.1. The number of ketones is 2. The summed E-state index contributed by atoms with van der Waals surface area (Å²) >= 11 is 0. The van der Waals surface area contributed by atoms with E-state index in [-0.39, 0.29) is 40.7 Å². The van der Waals surface area contributed by atoms with Crippen molar-refractivity contribution >= 4 is 11.6 Å². The number of ether oxygens (including phenoxy) is 4. The van der Waals surface area contributed by atoms with E-state index in [0.717, 1.165) is 28.0 Å². The zero-order valence-corrected chi connectivity index (χ0v) is 24.5. The van der Waals surface area contributed by atoms with Crippen molar-refractivity contribution in [2.75, 3.05) is 14.2 Å². The average molecular weight is 521 g/mol. The van der Waals surface area contributed by atoms with E-state index in [1.165, 1.54) is 6.08 Å². The molecule has 6 nitrogen and oxygen atoms in total. The molecule has 0 unspecified atom stereocenters. The highest BCUT2D eigenvalue weighted by Gasteiger charge is 2.32. The summed E-state index contributed by atoms with van der Waals surface area (Å²) in [6.07, 6.45) is 1.42. The van der Waals surface area contributed by atoms with E-state index in [4.69, 9.17) is 18.9 Å². The second kappa shape index (κ2) is 11.5. The quantitative estimate of drug-likeness (QED) is 0.315. The summed E-state index contributed by atoms with van der Waals surface area (Å²) < 4.78 is 24.4. The highest BCUT2D eigenvalue weighted by molar-refractivity contribution is 6.22. The Morgan fingerprint density at radius 3 is 1.76 bits per heavy atom. The molecule has 0 atom stereocenters. The molecule has 1 aliphatic rings. The number of allylic oxidation sites excluding steroid dienone is 3. The van der Waals surface area contributed by atoms with Gasteiger partial charge in [-0.1, -0.05) is 41.5 Å². The number of carbonyl (C=O) groups is 2. The van der Waals surface area contributed by atoms with Crippen LogP contribution in [0.4, 0.5) is 0 Å². The minimum absolute atomic E-state index is 0.0134.